The van der Waals surface area contributed by atoms with Crippen LogP contribution in [-0.4, -0.2) is 24.1 Å². The van der Waals surface area contributed by atoms with Gasteiger partial charge in [-0.05, 0) is 95.4 Å². The third-order valence-electron chi connectivity index (χ3n) is 7.82. The molecule has 2 aromatic rings. The first kappa shape index (κ1) is 21.2. The standard InChI is InChI=1S/C28H32O4/c1-15-7-16(2)10-21(9-15)27(29)31-24-14-23-19-5-6-20(13-19)25(23)26(24)32-28(30)22-11-17(3)8-18(4)12-22/h7-12,19-20,23-26H,5-6,13-14H2,1-4H3. The SMILES string of the molecule is Cc1cc(C)cc(C(=O)OC2CC3C4CCC(C4)C3C2OC(=O)c2cc(C)cc(C)c2)c1. The Morgan fingerprint density at radius 1 is 0.688 bits per heavy atom. The van der Waals surface area contributed by atoms with Crippen LogP contribution in [0, 0.1) is 51.4 Å². The zero-order valence-corrected chi connectivity index (χ0v) is 19.4. The second kappa shape index (κ2) is 8.06. The Kier molecular flexibility index (Phi) is 5.35. The van der Waals surface area contributed by atoms with Gasteiger partial charge in [0.2, 0.25) is 0 Å². The highest BCUT2D eigenvalue weighted by Gasteiger charge is 2.59. The molecule has 0 aliphatic heterocycles. The smallest absolute Gasteiger partial charge is 0.338 e. The molecule has 3 saturated carbocycles. The number of fused-ring (bicyclic) bond motifs is 5. The molecular formula is C28H32O4. The van der Waals surface area contributed by atoms with E-state index < -0.39 is 0 Å². The van der Waals surface area contributed by atoms with Gasteiger partial charge < -0.3 is 9.47 Å². The highest BCUT2D eigenvalue weighted by molar-refractivity contribution is 5.91. The quantitative estimate of drug-likeness (QED) is 0.579. The van der Waals surface area contributed by atoms with Crippen molar-refractivity contribution < 1.29 is 19.1 Å². The van der Waals surface area contributed by atoms with Gasteiger partial charge in [-0.2, -0.15) is 0 Å². The third-order valence-corrected chi connectivity index (χ3v) is 7.82. The summed E-state index contributed by atoms with van der Waals surface area (Å²) in [6.45, 7) is 7.94. The van der Waals surface area contributed by atoms with Crippen molar-refractivity contribution in [3.8, 4) is 0 Å². The van der Waals surface area contributed by atoms with E-state index in [2.05, 4.69) is 0 Å². The Balaban J connectivity index is 1.39. The van der Waals surface area contributed by atoms with Crippen molar-refractivity contribution in [3.05, 3.63) is 69.8 Å². The lowest BCUT2D eigenvalue weighted by Gasteiger charge is -2.29. The van der Waals surface area contributed by atoms with Crippen LogP contribution in [0.4, 0.5) is 0 Å². The molecule has 3 aliphatic rings. The number of carbonyl (C=O) groups excluding carboxylic acids is 2. The van der Waals surface area contributed by atoms with Crippen LogP contribution >= 0.6 is 0 Å². The van der Waals surface area contributed by atoms with Gasteiger partial charge in [-0.15, -0.1) is 0 Å². The lowest BCUT2D eigenvalue weighted by molar-refractivity contribution is -0.0417. The van der Waals surface area contributed by atoms with E-state index in [1.54, 1.807) is 0 Å². The van der Waals surface area contributed by atoms with Gasteiger partial charge in [0, 0.05) is 5.92 Å². The summed E-state index contributed by atoms with van der Waals surface area (Å²) in [6, 6.07) is 11.6. The van der Waals surface area contributed by atoms with E-state index in [9.17, 15) is 9.59 Å². The maximum atomic E-state index is 13.1. The van der Waals surface area contributed by atoms with Crippen LogP contribution in [0.3, 0.4) is 0 Å². The van der Waals surface area contributed by atoms with Gasteiger partial charge in [-0.3, -0.25) is 0 Å². The summed E-state index contributed by atoms with van der Waals surface area (Å²) < 4.78 is 12.2. The van der Waals surface area contributed by atoms with Crippen LogP contribution in [-0.2, 0) is 9.47 Å². The van der Waals surface area contributed by atoms with Gasteiger partial charge in [0.15, 0.2) is 0 Å². The molecule has 2 aromatic carbocycles. The molecule has 2 bridgehead atoms. The highest BCUT2D eigenvalue weighted by Crippen LogP contribution is 2.60. The lowest BCUT2D eigenvalue weighted by atomic mass is 9.81. The average Bonchev–Trinajstić information content (AvgIpc) is 3.40. The van der Waals surface area contributed by atoms with Crippen LogP contribution in [0.2, 0.25) is 0 Å². The molecule has 0 radical (unpaired) electrons. The van der Waals surface area contributed by atoms with Crippen LogP contribution in [0.5, 0.6) is 0 Å². The van der Waals surface area contributed by atoms with E-state index in [4.69, 9.17) is 9.47 Å². The monoisotopic (exact) mass is 432 g/mol. The van der Waals surface area contributed by atoms with Crippen LogP contribution in [0.15, 0.2) is 36.4 Å². The van der Waals surface area contributed by atoms with E-state index >= 15 is 0 Å². The summed E-state index contributed by atoms with van der Waals surface area (Å²) in [5.74, 6) is 1.42. The van der Waals surface area contributed by atoms with E-state index in [0.717, 1.165) is 28.7 Å². The van der Waals surface area contributed by atoms with Crippen LogP contribution in [0.25, 0.3) is 0 Å². The fraction of sp³-hybridized carbons (Fsp3) is 0.500. The van der Waals surface area contributed by atoms with Crippen molar-refractivity contribution in [1.29, 1.82) is 0 Å². The Bertz CT molecular complexity index is 1030. The highest BCUT2D eigenvalue weighted by atomic mass is 16.6. The molecule has 0 heterocycles. The zero-order chi connectivity index (χ0) is 22.6. The molecule has 3 aliphatic carbocycles. The second-order valence-electron chi connectivity index (χ2n) is 10.4. The summed E-state index contributed by atoms with van der Waals surface area (Å²) in [7, 11) is 0. The number of hydrogen-bond donors (Lipinski definition) is 0. The Hall–Kier alpha value is -2.62. The molecule has 0 spiro atoms. The summed E-state index contributed by atoms with van der Waals surface area (Å²) in [5.41, 5.74) is 5.31. The van der Waals surface area contributed by atoms with Crippen molar-refractivity contribution in [3.63, 3.8) is 0 Å². The minimum atomic E-state index is -0.378. The van der Waals surface area contributed by atoms with Crippen molar-refractivity contribution in [2.24, 2.45) is 23.7 Å². The summed E-state index contributed by atoms with van der Waals surface area (Å²) in [6.07, 6.45) is 3.73. The van der Waals surface area contributed by atoms with Crippen LogP contribution < -0.4 is 0 Å². The molecule has 0 N–H and O–H groups in total. The minimum absolute atomic E-state index is 0.306. The fourth-order valence-electron chi connectivity index (χ4n) is 6.82. The van der Waals surface area contributed by atoms with Crippen LogP contribution in [0.1, 0.15) is 68.7 Å². The molecule has 168 valence electrons. The topological polar surface area (TPSA) is 52.6 Å². The number of carbonyl (C=O) groups is 2. The number of rotatable bonds is 4. The first-order chi connectivity index (χ1) is 15.3. The molecular weight excluding hydrogens is 400 g/mol. The van der Waals surface area contributed by atoms with Crippen molar-refractivity contribution in [1.82, 2.24) is 0 Å². The molecule has 3 fully saturated rings. The van der Waals surface area contributed by atoms with Gasteiger partial charge in [0.25, 0.3) is 0 Å². The molecule has 5 rings (SSSR count). The Morgan fingerprint density at radius 3 is 1.75 bits per heavy atom. The van der Waals surface area contributed by atoms with Gasteiger partial charge in [-0.25, -0.2) is 9.59 Å². The van der Waals surface area contributed by atoms with Gasteiger partial charge >= 0.3 is 11.9 Å². The zero-order valence-electron chi connectivity index (χ0n) is 19.4. The summed E-state index contributed by atoms with van der Waals surface area (Å²) in [5, 5.41) is 0. The first-order valence-electron chi connectivity index (χ1n) is 11.9. The molecule has 0 aromatic heterocycles. The van der Waals surface area contributed by atoms with E-state index in [1.807, 2.05) is 64.1 Å². The molecule has 0 saturated heterocycles. The minimum Gasteiger partial charge on any atom is -0.455 e. The maximum absolute atomic E-state index is 13.1. The molecule has 0 amide bonds. The number of ether oxygens (including phenoxy) is 2. The average molecular weight is 433 g/mol. The first-order valence-corrected chi connectivity index (χ1v) is 11.9. The molecule has 4 nitrogen and oxygen atoms in total. The van der Waals surface area contributed by atoms with Gasteiger partial charge in [-0.1, -0.05) is 34.4 Å². The lowest BCUT2D eigenvalue weighted by Crippen LogP contribution is -2.37. The third kappa shape index (κ3) is 3.85. The molecule has 4 heteroatoms. The Labute approximate surface area is 190 Å². The molecule has 32 heavy (non-hydrogen) atoms. The van der Waals surface area contributed by atoms with Crippen molar-refractivity contribution in [2.45, 2.75) is 65.6 Å². The number of esters is 2. The number of aryl methyl sites for hydroxylation is 4. The number of hydrogen-bond acceptors (Lipinski definition) is 4. The molecule has 6 unspecified atom stereocenters. The predicted molar refractivity (Wildman–Crippen MR) is 123 cm³/mol. The number of benzene rings is 2. The second-order valence-corrected chi connectivity index (χ2v) is 10.4. The predicted octanol–water partition coefficient (Wildman–Crippen LogP) is 5.74. The largest absolute Gasteiger partial charge is 0.455 e. The summed E-state index contributed by atoms with van der Waals surface area (Å²) in [4.78, 5) is 26.2. The van der Waals surface area contributed by atoms with E-state index in [1.165, 1.54) is 19.3 Å². The van der Waals surface area contributed by atoms with Gasteiger partial charge in [0.1, 0.15) is 12.2 Å². The Morgan fingerprint density at radius 2 is 1.19 bits per heavy atom. The summed E-state index contributed by atoms with van der Waals surface area (Å²) >= 11 is 0. The maximum Gasteiger partial charge on any atom is 0.338 e. The van der Waals surface area contributed by atoms with Crippen molar-refractivity contribution >= 4 is 11.9 Å². The van der Waals surface area contributed by atoms with E-state index in [-0.39, 0.29) is 24.1 Å². The molecule has 6 atom stereocenters. The normalized spacial score (nSPS) is 30.2. The van der Waals surface area contributed by atoms with Gasteiger partial charge in [0.05, 0.1) is 11.1 Å². The van der Waals surface area contributed by atoms with Crippen molar-refractivity contribution in [2.75, 3.05) is 0 Å². The fourth-order valence-corrected chi connectivity index (χ4v) is 6.82. The van der Waals surface area contributed by atoms with E-state index in [0.29, 0.717) is 34.8 Å².